The van der Waals surface area contributed by atoms with E-state index in [1.807, 2.05) is 0 Å². The minimum atomic E-state index is -1.54. The lowest BCUT2D eigenvalue weighted by Gasteiger charge is -2.28. The standard InChI is InChI=1S/C28H31ClF2N4O6/c1-35(25(38)10-8-17-4-2-6-22(31)26(17)29)21(5-3-11-32-27(39)23(37)15-36)16-41-28(40)34-24-13-19-12-20(30)9-7-18(19)14-33-24/h2,4,6-7,9,12-14,21,23,36-37H,3,5,8,10-11,15-16H2,1H3,(H,32,39)(H,33,34,40)/t21-,23?/m0/s1. The summed E-state index contributed by atoms with van der Waals surface area (Å²) in [5.74, 6) is -1.92. The zero-order valence-corrected chi connectivity index (χ0v) is 23.0. The third kappa shape index (κ3) is 9.34. The van der Waals surface area contributed by atoms with Crippen LogP contribution in [0, 0.1) is 11.6 Å². The summed E-state index contributed by atoms with van der Waals surface area (Å²) in [4.78, 5) is 42.7. The molecule has 41 heavy (non-hydrogen) atoms. The van der Waals surface area contributed by atoms with E-state index >= 15 is 0 Å². The number of ether oxygens (including phenoxy) is 1. The molecule has 0 aliphatic heterocycles. The van der Waals surface area contributed by atoms with Gasteiger partial charge in [0.1, 0.15) is 24.1 Å². The van der Waals surface area contributed by atoms with E-state index in [9.17, 15) is 28.3 Å². The van der Waals surface area contributed by atoms with Crippen LogP contribution < -0.4 is 10.6 Å². The van der Waals surface area contributed by atoms with Gasteiger partial charge in [0.25, 0.3) is 5.91 Å². The van der Waals surface area contributed by atoms with Gasteiger partial charge >= 0.3 is 6.09 Å². The van der Waals surface area contributed by atoms with Crippen molar-refractivity contribution in [1.29, 1.82) is 0 Å². The molecular weight excluding hydrogens is 562 g/mol. The molecule has 1 heterocycles. The normalized spacial score (nSPS) is 12.4. The van der Waals surface area contributed by atoms with Gasteiger partial charge in [-0.25, -0.2) is 18.6 Å². The zero-order valence-electron chi connectivity index (χ0n) is 22.3. The molecule has 4 N–H and O–H groups in total. The van der Waals surface area contributed by atoms with Crippen LogP contribution in [0.15, 0.2) is 48.7 Å². The Morgan fingerprint density at radius 1 is 1.15 bits per heavy atom. The number of fused-ring (bicyclic) bond motifs is 1. The van der Waals surface area contributed by atoms with Gasteiger partial charge in [0, 0.05) is 31.6 Å². The second-order valence-electron chi connectivity index (χ2n) is 9.29. The van der Waals surface area contributed by atoms with Crippen molar-refractivity contribution in [3.8, 4) is 0 Å². The van der Waals surface area contributed by atoms with Crippen LogP contribution in [-0.4, -0.2) is 77.0 Å². The molecule has 13 heteroatoms. The van der Waals surface area contributed by atoms with Gasteiger partial charge in [-0.15, -0.1) is 0 Å². The number of likely N-dealkylation sites (N-methyl/N-ethyl adjacent to an activating group) is 1. The van der Waals surface area contributed by atoms with E-state index in [4.69, 9.17) is 21.4 Å². The van der Waals surface area contributed by atoms with E-state index in [0.29, 0.717) is 29.2 Å². The van der Waals surface area contributed by atoms with Gasteiger partial charge in [0.05, 0.1) is 17.7 Å². The zero-order chi connectivity index (χ0) is 29.9. The van der Waals surface area contributed by atoms with E-state index in [2.05, 4.69) is 15.6 Å². The molecule has 0 radical (unpaired) electrons. The lowest BCUT2D eigenvalue weighted by Crippen LogP contribution is -2.42. The number of pyridine rings is 1. The fourth-order valence-electron chi connectivity index (χ4n) is 3.99. The SMILES string of the molecule is CN(C(=O)CCc1cccc(F)c1Cl)[C@@H](CCCNC(=O)C(O)CO)COC(=O)Nc1cc2cc(F)ccc2cn1. The molecule has 2 atom stereocenters. The van der Waals surface area contributed by atoms with Crippen molar-refractivity contribution in [3.63, 3.8) is 0 Å². The predicted molar refractivity (Wildman–Crippen MR) is 148 cm³/mol. The van der Waals surface area contributed by atoms with Gasteiger partial charge in [0.15, 0.2) is 6.10 Å². The molecule has 0 fully saturated rings. The fourth-order valence-corrected chi connectivity index (χ4v) is 4.22. The van der Waals surface area contributed by atoms with Crippen LogP contribution >= 0.6 is 11.6 Å². The van der Waals surface area contributed by atoms with Crippen LogP contribution in [0.2, 0.25) is 5.02 Å². The first kappa shape index (κ1) is 31.7. The Hall–Kier alpha value is -3.87. The highest BCUT2D eigenvalue weighted by atomic mass is 35.5. The maximum absolute atomic E-state index is 13.8. The monoisotopic (exact) mass is 592 g/mol. The quantitative estimate of drug-likeness (QED) is 0.223. The third-order valence-electron chi connectivity index (χ3n) is 6.39. The van der Waals surface area contributed by atoms with Crippen molar-refractivity contribution in [2.75, 3.05) is 32.1 Å². The molecule has 3 amide bonds. The van der Waals surface area contributed by atoms with Crippen LogP contribution in [-0.2, 0) is 20.7 Å². The first-order valence-electron chi connectivity index (χ1n) is 12.8. The Balaban J connectivity index is 1.61. The number of nitrogens with one attached hydrogen (secondary N) is 2. The molecule has 1 aromatic heterocycles. The summed E-state index contributed by atoms with van der Waals surface area (Å²) in [6.07, 6.45) is -0.0468. The number of rotatable bonds is 13. The van der Waals surface area contributed by atoms with E-state index in [-0.39, 0.29) is 42.7 Å². The Morgan fingerprint density at radius 3 is 2.68 bits per heavy atom. The third-order valence-corrected chi connectivity index (χ3v) is 6.81. The number of hydrogen-bond acceptors (Lipinski definition) is 7. The van der Waals surface area contributed by atoms with Crippen LogP contribution in [0.4, 0.5) is 19.4 Å². The average molecular weight is 593 g/mol. The maximum Gasteiger partial charge on any atom is 0.412 e. The lowest BCUT2D eigenvalue weighted by molar-refractivity contribution is -0.133. The Labute approximate surface area is 240 Å². The van der Waals surface area contributed by atoms with Gasteiger partial charge in [-0.1, -0.05) is 23.7 Å². The number of aliphatic hydroxyl groups excluding tert-OH is 2. The number of halogens is 3. The summed E-state index contributed by atoms with van der Waals surface area (Å²) >= 11 is 6.00. The summed E-state index contributed by atoms with van der Waals surface area (Å²) in [7, 11) is 1.54. The van der Waals surface area contributed by atoms with Crippen molar-refractivity contribution >= 4 is 46.1 Å². The van der Waals surface area contributed by atoms with Crippen LogP contribution in [0.1, 0.15) is 24.8 Å². The summed E-state index contributed by atoms with van der Waals surface area (Å²) in [5.41, 5.74) is 0.480. The molecule has 220 valence electrons. The molecule has 0 aliphatic carbocycles. The molecule has 0 spiro atoms. The minimum Gasteiger partial charge on any atom is -0.447 e. The van der Waals surface area contributed by atoms with Crippen LogP contribution in [0.25, 0.3) is 10.8 Å². The highest BCUT2D eigenvalue weighted by Crippen LogP contribution is 2.22. The second kappa shape index (κ2) is 15.2. The number of benzene rings is 2. The topological polar surface area (TPSA) is 141 Å². The first-order chi connectivity index (χ1) is 19.6. The van der Waals surface area contributed by atoms with Crippen LogP contribution in [0.3, 0.4) is 0 Å². The fraction of sp³-hybridized carbons (Fsp3) is 0.357. The number of hydrogen-bond donors (Lipinski definition) is 4. The predicted octanol–water partition coefficient (Wildman–Crippen LogP) is 3.42. The molecule has 1 unspecified atom stereocenters. The molecule has 0 aliphatic rings. The van der Waals surface area contributed by atoms with Crippen LogP contribution in [0.5, 0.6) is 0 Å². The molecule has 3 aromatic rings. The van der Waals surface area contributed by atoms with E-state index in [1.165, 1.54) is 48.5 Å². The summed E-state index contributed by atoms with van der Waals surface area (Å²) in [6.45, 7) is -0.785. The van der Waals surface area contributed by atoms with Crippen molar-refractivity contribution in [2.24, 2.45) is 0 Å². The van der Waals surface area contributed by atoms with Crippen molar-refractivity contribution in [2.45, 2.75) is 37.8 Å². The Morgan fingerprint density at radius 2 is 1.93 bits per heavy atom. The Bertz CT molecular complexity index is 1380. The average Bonchev–Trinajstić information content (AvgIpc) is 2.96. The second-order valence-corrected chi connectivity index (χ2v) is 9.67. The number of aromatic nitrogens is 1. The van der Waals surface area contributed by atoms with Crippen molar-refractivity contribution < 1.29 is 38.1 Å². The van der Waals surface area contributed by atoms with Gasteiger partial charge in [-0.05, 0) is 60.5 Å². The summed E-state index contributed by atoms with van der Waals surface area (Å²) in [5, 5.41) is 24.4. The van der Waals surface area contributed by atoms with Crippen molar-refractivity contribution in [3.05, 3.63) is 70.9 Å². The highest BCUT2D eigenvalue weighted by Gasteiger charge is 2.23. The molecule has 10 nitrogen and oxygen atoms in total. The van der Waals surface area contributed by atoms with E-state index in [1.54, 1.807) is 12.1 Å². The largest absolute Gasteiger partial charge is 0.447 e. The molecular formula is C28H31ClF2N4O6. The maximum atomic E-state index is 13.8. The summed E-state index contributed by atoms with van der Waals surface area (Å²) in [6, 6.07) is 9.42. The number of aryl methyl sites for hydroxylation is 1. The lowest BCUT2D eigenvalue weighted by atomic mass is 10.1. The molecule has 0 bridgehead atoms. The molecule has 0 saturated heterocycles. The summed E-state index contributed by atoms with van der Waals surface area (Å²) < 4.78 is 32.7. The number of amides is 3. The molecule has 2 aromatic carbocycles. The number of carbonyl (C=O) groups excluding carboxylic acids is 3. The highest BCUT2D eigenvalue weighted by molar-refractivity contribution is 6.31. The molecule has 3 rings (SSSR count). The van der Waals surface area contributed by atoms with E-state index in [0.717, 1.165) is 0 Å². The minimum absolute atomic E-state index is 0.0133. The van der Waals surface area contributed by atoms with Gasteiger partial charge in [0.2, 0.25) is 5.91 Å². The van der Waals surface area contributed by atoms with Crippen molar-refractivity contribution in [1.82, 2.24) is 15.2 Å². The van der Waals surface area contributed by atoms with Gasteiger partial charge < -0.3 is 25.2 Å². The number of carbonyl (C=O) groups is 3. The van der Waals surface area contributed by atoms with Gasteiger partial charge in [-0.3, -0.25) is 14.9 Å². The number of aliphatic hydroxyl groups is 2. The van der Waals surface area contributed by atoms with E-state index < -0.39 is 42.4 Å². The molecule has 0 saturated carbocycles. The number of anilines is 1. The van der Waals surface area contributed by atoms with Gasteiger partial charge in [-0.2, -0.15) is 0 Å². The smallest absolute Gasteiger partial charge is 0.412 e. The Kier molecular flexibility index (Phi) is 11.7. The first-order valence-corrected chi connectivity index (χ1v) is 13.2. The number of nitrogens with zero attached hydrogens (tertiary/aromatic N) is 2.